The second kappa shape index (κ2) is 3.33. The normalized spacial score (nSPS) is 20.0. The molecule has 0 atom stereocenters. The van der Waals surface area contributed by atoms with E-state index in [1.165, 1.54) is 0 Å². The summed E-state index contributed by atoms with van der Waals surface area (Å²) in [5, 5.41) is 0. The van der Waals surface area contributed by atoms with E-state index in [2.05, 4.69) is 6.29 Å². The molecule has 1 nitrogen and oxygen atoms in total. The van der Waals surface area contributed by atoms with Crippen LogP contribution >= 0.6 is 0 Å². The second-order valence-electron chi connectivity index (χ2n) is 3.76. The Bertz CT molecular complexity index is 283. The van der Waals surface area contributed by atoms with Gasteiger partial charge in [-0.05, 0) is 18.4 Å². The predicted molar refractivity (Wildman–Crippen MR) is 52.3 cm³/mol. The Morgan fingerprint density at radius 1 is 1.08 bits per heavy atom. The lowest BCUT2D eigenvalue weighted by Gasteiger charge is -2.20. The molecular formula is C12H13O. The van der Waals surface area contributed by atoms with Crippen LogP contribution in [0, 0.1) is 0 Å². The summed E-state index contributed by atoms with van der Waals surface area (Å²) in [6.07, 6.45) is 6.50. The highest BCUT2D eigenvalue weighted by Gasteiger charge is 2.35. The highest BCUT2D eigenvalue weighted by atomic mass is 16.1. The van der Waals surface area contributed by atoms with Gasteiger partial charge in [-0.25, -0.2) is 0 Å². The summed E-state index contributed by atoms with van der Waals surface area (Å²) in [5.41, 5.74) is 0.865. The number of rotatable bonds is 2. The Hall–Kier alpha value is -1.11. The van der Waals surface area contributed by atoms with Gasteiger partial charge < -0.3 is 0 Å². The summed E-state index contributed by atoms with van der Waals surface area (Å²) in [5.74, 6) is 0. The quantitative estimate of drug-likeness (QED) is 0.671. The third-order valence-corrected chi connectivity index (χ3v) is 2.98. The molecule has 0 aliphatic heterocycles. The molecule has 0 saturated heterocycles. The lowest BCUT2D eigenvalue weighted by molar-refractivity contribution is 0.489. The first-order valence-corrected chi connectivity index (χ1v) is 4.82. The van der Waals surface area contributed by atoms with Gasteiger partial charge in [-0.15, -0.1) is 0 Å². The molecule has 1 saturated carbocycles. The lowest BCUT2D eigenvalue weighted by atomic mass is 9.80. The van der Waals surface area contributed by atoms with E-state index in [0.717, 1.165) is 31.2 Å². The van der Waals surface area contributed by atoms with Crippen molar-refractivity contribution in [3.8, 4) is 0 Å². The summed E-state index contributed by atoms with van der Waals surface area (Å²) < 4.78 is 0. The van der Waals surface area contributed by atoms with Crippen LogP contribution in [0.4, 0.5) is 0 Å². The molecule has 1 aliphatic rings. The van der Waals surface area contributed by atoms with Crippen LogP contribution in [0.1, 0.15) is 31.2 Å². The van der Waals surface area contributed by atoms with E-state index in [-0.39, 0.29) is 5.41 Å². The van der Waals surface area contributed by atoms with Gasteiger partial charge in [0.25, 0.3) is 0 Å². The molecule has 1 heteroatoms. The Labute approximate surface area is 78.8 Å². The van der Waals surface area contributed by atoms with Crippen molar-refractivity contribution < 1.29 is 4.79 Å². The van der Waals surface area contributed by atoms with E-state index in [4.69, 9.17) is 0 Å². The van der Waals surface area contributed by atoms with E-state index in [1.807, 2.05) is 30.3 Å². The third-order valence-electron chi connectivity index (χ3n) is 2.98. The molecule has 0 heterocycles. The average Bonchev–Trinajstić information content (AvgIpc) is 2.69. The molecule has 0 N–H and O–H groups in total. The Kier molecular flexibility index (Phi) is 2.17. The van der Waals surface area contributed by atoms with Crippen LogP contribution in [0.2, 0.25) is 0 Å². The lowest BCUT2D eigenvalue weighted by Crippen LogP contribution is -2.23. The SMILES string of the molecule is O=[C]C1(c2ccccc2)CCCC1. The Balaban J connectivity index is 2.36. The average molecular weight is 173 g/mol. The van der Waals surface area contributed by atoms with Crippen LogP contribution < -0.4 is 0 Å². The van der Waals surface area contributed by atoms with E-state index < -0.39 is 0 Å². The minimum absolute atomic E-state index is 0.277. The second-order valence-corrected chi connectivity index (χ2v) is 3.76. The highest BCUT2D eigenvalue weighted by molar-refractivity contribution is 5.69. The van der Waals surface area contributed by atoms with Crippen LogP contribution in [0.5, 0.6) is 0 Å². The van der Waals surface area contributed by atoms with Crippen LogP contribution in [0.15, 0.2) is 30.3 Å². The first-order valence-electron chi connectivity index (χ1n) is 4.82. The zero-order valence-electron chi connectivity index (χ0n) is 7.62. The molecule has 1 radical (unpaired) electrons. The first kappa shape index (κ1) is 8.49. The molecule has 1 aromatic carbocycles. The van der Waals surface area contributed by atoms with Crippen LogP contribution in [0.25, 0.3) is 0 Å². The molecular weight excluding hydrogens is 160 g/mol. The zero-order valence-corrected chi connectivity index (χ0v) is 7.62. The summed E-state index contributed by atoms with van der Waals surface area (Å²) in [6.45, 7) is 0. The minimum Gasteiger partial charge on any atom is -0.290 e. The maximum absolute atomic E-state index is 11.0. The smallest absolute Gasteiger partial charge is 0.209 e. The molecule has 13 heavy (non-hydrogen) atoms. The van der Waals surface area contributed by atoms with Gasteiger partial charge in [0.15, 0.2) is 0 Å². The highest BCUT2D eigenvalue weighted by Crippen LogP contribution is 2.38. The van der Waals surface area contributed by atoms with Gasteiger partial charge in [-0.2, -0.15) is 0 Å². The molecule has 0 unspecified atom stereocenters. The van der Waals surface area contributed by atoms with Gasteiger partial charge in [0.2, 0.25) is 6.29 Å². The number of hydrogen-bond acceptors (Lipinski definition) is 1. The molecule has 1 aromatic rings. The van der Waals surface area contributed by atoms with E-state index in [0.29, 0.717) is 0 Å². The van der Waals surface area contributed by atoms with E-state index >= 15 is 0 Å². The first-order chi connectivity index (χ1) is 6.37. The van der Waals surface area contributed by atoms with Gasteiger partial charge in [-0.1, -0.05) is 43.2 Å². The van der Waals surface area contributed by atoms with E-state index in [1.54, 1.807) is 0 Å². The molecule has 0 spiro atoms. The molecule has 2 rings (SSSR count). The van der Waals surface area contributed by atoms with Crippen LogP contribution in [-0.2, 0) is 10.2 Å². The van der Waals surface area contributed by atoms with Crippen molar-refractivity contribution in [1.82, 2.24) is 0 Å². The number of carbonyl (C=O) groups excluding carboxylic acids is 1. The zero-order chi connectivity index (χ0) is 9.15. The van der Waals surface area contributed by atoms with Crippen molar-refractivity contribution in [3.63, 3.8) is 0 Å². The topological polar surface area (TPSA) is 17.1 Å². The Morgan fingerprint density at radius 3 is 2.23 bits per heavy atom. The molecule has 67 valence electrons. The summed E-state index contributed by atoms with van der Waals surface area (Å²) >= 11 is 0. The van der Waals surface area contributed by atoms with Gasteiger partial charge in [0.1, 0.15) is 0 Å². The molecule has 0 amide bonds. The van der Waals surface area contributed by atoms with Gasteiger partial charge in [0.05, 0.1) is 5.41 Å². The minimum atomic E-state index is -0.277. The predicted octanol–water partition coefficient (Wildman–Crippen LogP) is 2.61. The van der Waals surface area contributed by atoms with Crippen LogP contribution in [-0.4, -0.2) is 6.29 Å². The number of hydrogen-bond donors (Lipinski definition) is 0. The summed E-state index contributed by atoms with van der Waals surface area (Å²) in [4.78, 5) is 11.0. The van der Waals surface area contributed by atoms with Gasteiger partial charge in [0, 0.05) is 0 Å². The molecule has 1 fully saturated rings. The van der Waals surface area contributed by atoms with Crippen molar-refractivity contribution in [3.05, 3.63) is 35.9 Å². The summed E-state index contributed by atoms with van der Waals surface area (Å²) in [7, 11) is 0. The largest absolute Gasteiger partial charge is 0.290 e. The molecule has 0 bridgehead atoms. The van der Waals surface area contributed by atoms with Crippen LogP contribution in [0.3, 0.4) is 0 Å². The Morgan fingerprint density at radius 2 is 1.69 bits per heavy atom. The fourth-order valence-electron chi connectivity index (χ4n) is 2.19. The number of benzene rings is 1. The monoisotopic (exact) mass is 173 g/mol. The summed E-state index contributed by atoms with van der Waals surface area (Å²) in [6, 6.07) is 10.0. The van der Waals surface area contributed by atoms with Crippen molar-refractivity contribution in [2.45, 2.75) is 31.1 Å². The van der Waals surface area contributed by atoms with Crippen molar-refractivity contribution in [1.29, 1.82) is 0 Å². The van der Waals surface area contributed by atoms with E-state index in [9.17, 15) is 4.79 Å². The maximum Gasteiger partial charge on any atom is 0.209 e. The van der Waals surface area contributed by atoms with Crippen molar-refractivity contribution in [2.24, 2.45) is 0 Å². The van der Waals surface area contributed by atoms with Gasteiger partial charge in [-0.3, -0.25) is 4.79 Å². The molecule has 1 aliphatic carbocycles. The standard InChI is InChI=1S/C12H13O/c13-10-12(8-4-5-9-12)11-6-2-1-3-7-11/h1-3,6-7H,4-5,8-9H2. The van der Waals surface area contributed by atoms with Gasteiger partial charge >= 0.3 is 0 Å². The van der Waals surface area contributed by atoms with Crippen molar-refractivity contribution in [2.75, 3.05) is 0 Å². The maximum atomic E-state index is 11.0. The van der Waals surface area contributed by atoms with Crippen molar-refractivity contribution >= 4 is 6.29 Å². The fourth-order valence-corrected chi connectivity index (χ4v) is 2.19. The molecule has 0 aromatic heterocycles. The third kappa shape index (κ3) is 1.39. The fraction of sp³-hybridized carbons (Fsp3) is 0.417.